The lowest BCUT2D eigenvalue weighted by molar-refractivity contribution is -0.142. The van der Waals surface area contributed by atoms with Crippen LogP contribution in [0, 0.1) is 0 Å². The normalized spacial score (nSPS) is 14.6. The SMILES string of the molecule is CC(NC(=O)C(N)CC(N)=O)C(=O)NC(CCC(=O)O)C(=O)NC(CS)C(=O)O. The van der Waals surface area contributed by atoms with Crippen LogP contribution in [0.2, 0.25) is 0 Å². The third-order valence-electron chi connectivity index (χ3n) is 3.59. The molecule has 13 nitrogen and oxygen atoms in total. The van der Waals surface area contributed by atoms with E-state index >= 15 is 0 Å². The van der Waals surface area contributed by atoms with Gasteiger partial charge < -0.3 is 37.6 Å². The Balaban J connectivity index is 5.07. The molecule has 0 aliphatic carbocycles. The van der Waals surface area contributed by atoms with E-state index in [0.717, 1.165) is 0 Å². The first-order chi connectivity index (χ1) is 13.4. The van der Waals surface area contributed by atoms with Crippen molar-refractivity contribution in [3.8, 4) is 0 Å². The molecule has 0 heterocycles. The van der Waals surface area contributed by atoms with Gasteiger partial charge in [-0.25, -0.2) is 4.79 Å². The number of rotatable bonds is 13. The minimum absolute atomic E-state index is 0.231. The van der Waals surface area contributed by atoms with E-state index in [1.54, 1.807) is 0 Å². The Kier molecular flexibility index (Phi) is 11.3. The number of thiol groups is 1. The lowest BCUT2D eigenvalue weighted by atomic mass is 10.1. The lowest BCUT2D eigenvalue weighted by Gasteiger charge is -2.23. The number of primary amides is 1. The molecule has 4 unspecified atom stereocenters. The molecule has 4 atom stereocenters. The molecular weight excluding hydrogens is 410 g/mol. The van der Waals surface area contributed by atoms with Gasteiger partial charge in [0.25, 0.3) is 0 Å². The van der Waals surface area contributed by atoms with Gasteiger partial charge in [0.05, 0.1) is 12.5 Å². The molecule has 0 aromatic rings. The van der Waals surface area contributed by atoms with E-state index in [1.165, 1.54) is 6.92 Å². The highest BCUT2D eigenvalue weighted by Gasteiger charge is 2.28. The van der Waals surface area contributed by atoms with E-state index in [4.69, 9.17) is 21.7 Å². The molecule has 0 rings (SSSR count). The Hall–Kier alpha value is -2.87. The van der Waals surface area contributed by atoms with Crippen molar-refractivity contribution in [1.29, 1.82) is 0 Å². The quantitative estimate of drug-likeness (QED) is 0.134. The highest BCUT2D eigenvalue weighted by atomic mass is 32.1. The summed E-state index contributed by atoms with van der Waals surface area (Å²) in [4.78, 5) is 68.9. The van der Waals surface area contributed by atoms with Gasteiger partial charge in [-0.15, -0.1) is 0 Å². The zero-order chi connectivity index (χ0) is 22.7. The van der Waals surface area contributed by atoms with Crippen molar-refractivity contribution in [1.82, 2.24) is 16.0 Å². The minimum atomic E-state index is -1.38. The van der Waals surface area contributed by atoms with E-state index in [2.05, 4.69) is 28.6 Å². The van der Waals surface area contributed by atoms with Crippen molar-refractivity contribution in [2.45, 2.75) is 50.4 Å². The number of carbonyl (C=O) groups is 6. The van der Waals surface area contributed by atoms with Gasteiger partial charge in [-0.2, -0.15) is 12.6 Å². The summed E-state index contributed by atoms with van der Waals surface area (Å²) in [7, 11) is 0. The number of aliphatic carboxylic acids is 2. The molecule has 0 radical (unpaired) electrons. The number of nitrogens with one attached hydrogen (secondary N) is 3. The fraction of sp³-hybridized carbons (Fsp3) is 0.600. The molecule has 0 saturated carbocycles. The summed E-state index contributed by atoms with van der Waals surface area (Å²) in [5.74, 6) is -6.25. The van der Waals surface area contributed by atoms with Crippen LogP contribution >= 0.6 is 12.6 Å². The highest BCUT2D eigenvalue weighted by molar-refractivity contribution is 7.80. The molecule has 9 N–H and O–H groups in total. The van der Waals surface area contributed by atoms with Crippen LogP contribution in [0.15, 0.2) is 0 Å². The predicted octanol–water partition coefficient (Wildman–Crippen LogP) is -3.46. The fourth-order valence-corrected chi connectivity index (χ4v) is 2.23. The van der Waals surface area contributed by atoms with E-state index < -0.39 is 72.6 Å². The Morgan fingerprint density at radius 3 is 1.93 bits per heavy atom. The van der Waals surface area contributed by atoms with Crippen molar-refractivity contribution in [2.75, 3.05) is 5.75 Å². The standard InChI is InChI=1S/C15H25N5O8S/c1-6(18-13(25)7(16)4-10(17)21)12(24)19-8(2-3-11(22)23)14(26)20-9(5-29)15(27)28/h6-9,29H,2-5,16H2,1H3,(H2,17,21)(H,18,25)(H,19,24)(H,20,26)(H,22,23)(H,27,28). The second-order valence-corrected chi connectivity index (χ2v) is 6.45. The Labute approximate surface area is 171 Å². The van der Waals surface area contributed by atoms with Crippen molar-refractivity contribution in [3.63, 3.8) is 0 Å². The summed E-state index contributed by atoms with van der Waals surface area (Å²) in [6, 6.07) is -5.19. The molecule has 0 bridgehead atoms. The number of nitrogens with two attached hydrogens (primary N) is 2. The molecule has 0 saturated heterocycles. The minimum Gasteiger partial charge on any atom is -0.481 e. The molecule has 0 aromatic carbocycles. The smallest absolute Gasteiger partial charge is 0.327 e. The first-order valence-electron chi connectivity index (χ1n) is 8.39. The van der Waals surface area contributed by atoms with Crippen LogP contribution in [-0.4, -0.2) is 75.7 Å². The van der Waals surface area contributed by atoms with Crippen LogP contribution in [0.5, 0.6) is 0 Å². The van der Waals surface area contributed by atoms with Gasteiger partial charge in [0.15, 0.2) is 0 Å². The van der Waals surface area contributed by atoms with E-state index in [0.29, 0.717) is 0 Å². The zero-order valence-electron chi connectivity index (χ0n) is 15.6. The van der Waals surface area contributed by atoms with Gasteiger partial charge in [0.2, 0.25) is 23.6 Å². The van der Waals surface area contributed by atoms with Crippen molar-refractivity contribution in [2.24, 2.45) is 11.5 Å². The molecular formula is C15H25N5O8S. The van der Waals surface area contributed by atoms with Gasteiger partial charge in [-0.1, -0.05) is 0 Å². The van der Waals surface area contributed by atoms with E-state index in [-0.39, 0.29) is 12.2 Å². The van der Waals surface area contributed by atoms with Gasteiger partial charge in [-0.3, -0.25) is 24.0 Å². The van der Waals surface area contributed by atoms with Crippen LogP contribution in [-0.2, 0) is 28.8 Å². The molecule has 0 spiro atoms. The van der Waals surface area contributed by atoms with Gasteiger partial charge in [0, 0.05) is 12.2 Å². The van der Waals surface area contributed by atoms with Crippen LogP contribution in [0.4, 0.5) is 0 Å². The van der Waals surface area contributed by atoms with E-state index in [1.807, 2.05) is 0 Å². The maximum absolute atomic E-state index is 12.3. The largest absolute Gasteiger partial charge is 0.481 e. The van der Waals surface area contributed by atoms with Crippen LogP contribution in [0.1, 0.15) is 26.2 Å². The summed E-state index contributed by atoms with van der Waals surface area (Å²) < 4.78 is 0. The lowest BCUT2D eigenvalue weighted by Crippen LogP contribution is -2.56. The summed E-state index contributed by atoms with van der Waals surface area (Å²) in [5.41, 5.74) is 10.4. The van der Waals surface area contributed by atoms with Crippen molar-refractivity contribution < 1.29 is 39.0 Å². The number of hydrogen-bond donors (Lipinski definition) is 8. The Morgan fingerprint density at radius 1 is 0.931 bits per heavy atom. The molecule has 4 amide bonds. The zero-order valence-corrected chi connectivity index (χ0v) is 16.5. The number of carboxylic acid groups (broad SMARTS) is 2. The molecule has 164 valence electrons. The van der Waals surface area contributed by atoms with Gasteiger partial charge in [-0.05, 0) is 13.3 Å². The fourth-order valence-electron chi connectivity index (χ4n) is 1.99. The summed E-state index contributed by atoms with van der Waals surface area (Å²) in [6.07, 6.45) is -1.25. The molecule has 0 aliphatic heterocycles. The first-order valence-corrected chi connectivity index (χ1v) is 9.02. The first kappa shape index (κ1) is 26.1. The predicted molar refractivity (Wildman–Crippen MR) is 102 cm³/mol. The highest BCUT2D eigenvalue weighted by Crippen LogP contribution is 2.01. The number of hydrogen-bond acceptors (Lipinski definition) is 8. The molecule has 0 aliphatic rings. The van der Waals surface area contributed by atoms with Crippen LogP contribution in [0.3, 0.4) is 0 Å². The van der Waals surface area contributed by atoms with Gasteiger partial charge >= 0.3 is 11.9 Å². The maximum atomic E-state index is 12.3. The van der Waals surface area contributed by atoms with Gasteiger partial charge in [0.1, 0.15) is 18.1 Å². The summed E-state index contributed by atoms with van der Waals surface area (Å²) in [5, 5.41) is 24.4. The summed E-state index contributed by atoms with van der Waals surface area (Å²) >= 11 is 3.80. The van der Waals surface area contributed by atoms with Crippen molar-refractivity contribution >= 4 is 48.2 Å². The molecule has 0 fully saturated rings. The number of carbonyl (C=O) groups excluding carboxylic acids is 4. The van der Waals surface area contributed by atoms with E-state index in [9.17, 15) is 28.8 Å². The Bertz CT molecular complexity index is 659. The average Bonchev–Trinajstić information content (AvgIpc) is 2.61. The number of amides is 4. The third-order valence-corrected chi connectivity index (χ3v) is 3.95. The topological polar surface area (TPSA) is 231 Å². The van der Waals surface area contributed by atoms with Crippen LogP contribution in [0.25, 0.3) is 0 Å². The summed E-state index contributed by atoms with van der Waals surface area (Å²) in [6.45, 7) is 1.27. The van der Waals surface area contributed by atoms with Crippen LogP contribution < -0.4 is 27.4 Å². The average molecular weight is 435 g/mol. The Morgan fingerprint density at radius 2 is 1.48 bits per heavy atom. The maximum Gasteiger partial charge on any atom is 0.327 e. The molecule has 0 aromatic heterocycles. The van der Waals surface area contributed by atoms with Crippen molar-refractivity contribution in [3.05, 3.63) is 0 Å². The number of carboxylic acids is 2. The molecule has 14 heteroatoms. The monoisotopic (exact) mass is 435 g/mol. The third kappa shape index (κ3) is 10.3. The second kappa shape index (κ2) is 12.6. The second-order valence-electron chi connectivity index (χ2n) is 6.08. The molecule has 29 heavy (non-hydrogen) atoms.